The molecule has 2 unspecified atom stereocenters. The van der Waals surface area contributed by atoms with Crippen molar-refractivity contribution in [2.45, 2.75) is 45.2 Å². The number of nitrogens with two attached hydrogens (primary N) is 1. The Morgan fingerprint density at radius 3 is 2.62 bits per heavy atom. The van der Waals surface area contributed by atoms with Gasteiger partial charge >= 0.3 is 0 Å². The number of hydrogen-bond acceptors (Lipinski definition) is 3. The molecule has 0 bridgehead atoms. The van der Waals surface area contributed by atoms with Crippen molar-refractivity contribution in [1.29, 1.82) is 0 Å². The van der Waals surface area contributed by atoms with Crippen LogP contribution in [0.4, 0.5) is 5.69 Å². The van der Waals surface area contributed by atoms with Crippen molar-refractivity contribution in [2.75, 3.05) is 25.2 Å². The van der Waals surface area contributed by atoms with Crippen LogP contribution in [0.2, 0.25) is 5.02 Å². The highest BCUT2D eigenvalue weighted by molar-refractivity contribution is 6.31. The van der Waals surface area contributed by atoms with E-state index in [-0.39, 0.29) is 6.04 Å². The van der Waals surface area contributed by atoms with Crippen molar-refractivity contribution in [2.24, 2.45) is 11.7 Å². The Kier molecular flexibility index (Phi) is 5.91. The van der Waals surface area contributed by atoms with Crippen LogP contribution < -0.4 is 10.6 Å². The Morgan fingerprint density at radius 2 is 2.10 bits per heavy atom. The van der Waals surface area contributed by atoms with Crippen molar-refractivity contribution in [1.82, 2.24) is 0 Å². The zero-order valence-corrected chi connectivity index (χ0v) is 14.1. The number of methoxy groups -OCH3 is 1. The monoisotopic (exact) mass is 310 g/mol. The zero-order chi connectivity index (χ0) is 15.4. The molecule has 4 heteroatoms. The smallest absolute Gasteiger partial charge is 0.0637 e. The van der Waals surface area contributed by atoms with Gasteiger partial charge in [0.1, 0.15) is 0 Å². The highest BCUT2D eigenvalue weighted by Gasteiger charge is 2.32. The third-order valence-corrected chi connectivity index (χ3v) is 4.59. The molecule has 0 radical (unpaired) electrons. The Labute approximate surface area is 133 Å². The second-order valence-corrected chi connectivity index (χ2v) is 6.63. The van der Waals surface area contributed by atoms with Gasteiger partial charge in [-0.05, 0) is 56.7 Å². The summed E-state index contributed by atoms with van der Waals surface area (Å²) in [5.74, 6) is 0.810. The van der Waals surface area contributed by atoms with Gasteiger partial charge in [-0.15, -0.1) is 0 Å². The van der Waals surface area contributed by atoms with Crippen LogP contribution in [0.15, 0.2) is 18.2 Å². The largest absolute Gasteiger partial charge is 0.383 e. The zero-order valence-electron chi connectivity index (χ0n) is 13.3. The molecular formula is C17H27ClN2O. The lowest BCUT2D eigenvalue weighted by Crippen LogP contribution is -2.37. The fraction of sp³-hybridized carbons (Fsp3) is 0.647. The predicted molar refractivity (Wildman–Crippen MR) is 90.2 cm³/mol. The van der Waals surface area contributed by atoms with E-state index in [1.807, 2.05) is 6.92 Å². The van der Waals surface area contributed by atoms with Gasteiger partial charge in [-0.3, -0.25) is 0 Å². The number of rotatable bonds is 8. The number of nitrogens with zero attached hydrogens (tertiary/aromatic N) is 1. The molecule has 118 valence electrons. The number of benzene rings is 1. The van der Waals surface area contributed by atoms with Crippen molar-refractivity contribution in [3.63, 3.8) is 0 Å². The molecule has 0 amide bonds. The van der Waals surface area contributed by atoms with E-state index in [2.05, 4.69) is 30.0 Å². The minimum atomic E-state index is 0.128. The second kappa shape index (κ2) is 7.48. The van der Waals surface area contributed by atoms with E-state index in [1.165, 1.54) is 18.5 Å². The van der Waals surface area contributed by atoms with Crippen molar-refractivity contribution in [3.8, 4) is 0 Å². The fourth-order valence-electron chi connectivity index (χ4n) is 2.82. The Morgan fingerprint density at radius 1 is 1.38 bits per heavy atom. The summed E-state index contributed by atoms with van der Waals surface area (Å²) in [6.45, 7) is 5.94. The first-order chi connectivity index (χ1) is 10.0. The molecule has 1 aliphatic rings. The van der Waals surface area contributed by atoms with E-state index >= 15 is 0 Å². The standard InChI is InChI=1S/C17H27ClN2O/c1-12(19)10-15-6-7-16(11-17(15)18)20(8-9-21-3)13(2)14-4-5-14/h6-7,11-14H,4-5,8-10,19H2,1-3H3. The maximum atomic E-state index is 6.44. The van der Waals surface area contributed by atoms with Gasteiger partial charge in [-0.2, -0.15) is 0 Å². The van der Waals surface area contributed by atoms with Gasteiger partial charge in [0.2, 0.25) is 0 Å². The minimum absolute atomic E-state index is 0.128. The topological polar surface area (TPSA) is 38.5 Å². The molecule has 1 fully saturated rings. The second-order valence-electron chi connectivity index (χ2n) is 6.22. The molecule has 2 atom stereocenters. The van der Waals surface area contributed by atoms with Crippen LogP contribution in [0.1, 0.15) is 32.3 Å². The summed E-state index contributed by atoms with van der Waals surface area (Å²) in [6, 6.07) is 7.02. The van der Waals surface area contributed by atoms with Crippen LogP contribution in [-0.4, -0.2) is 32.3 Å². The SMILES string of the molecule is COCCN(c1ccc(CC(C)N)c(Cl)c1)C(C)C1CC1. The highest BCUT2D eigenvalue weighted by Crippen LogP contribution is 2.37. The molecule has 2 N–H and O–H groups in total. The lowest BCUT2D eigenvalue weighted by atomic mass is 10.1. The highest BCUT2D eigenvalue weighted by atomic mass is 35.5. The van der Waals surface area contributed by atoms with Crippen molar-refractivity contribution < 1.29 is 4.74 Å². The van der Waals surface area contributed by atoms with Gasteiger partial charge in [0.05, 0.1) is 6.61 Å². The van der Waals surface area contributed by atoms with Gasteiger partial charge < -0.3 is 15.4 Å². The molecular weight excluding hydrogens is 284 g/mol. The molecule has 2 rings (SSSR count). The third-order valence-electron chi connectivity index (χ3n) is 4.24. The predicted octanol–water partition coefficient (Wildman–Crippen LogP) is 3.48. The number of halogens is 1. The summed E-state index contributed by atoms with van der Waals surface area (Å²) >= 11 is 6.44. The van der Waals surface area contributed by atoms with Crippen LogP contribution in [0.25, 0.3) is 0 Å². The van der Waals surface area contributed by atoms with Gasteiger partial charge in [0.15, 0.2) is 0 Å². The molecule has 0 heterocycles. The van der Waals surface area contributed by atoms with E-state index < -0.39 is 0 Å². The van der Waals surface area contributed by atoms with Crippen LogP contribution in [0.5, 0.6) is 0 Å². The quantitative estimate of drug-likeness (QED) is 0.799. The summed E-state index contributed by atoms with van der Waals surface area (Å²) in [4.78, 5) is 2.42. The van der Waals surface area contributed by atoms with Crippen LogP contribution in [0, 0.1) is 5.92 Å². The molecule has 1 saturated carbocycles. The van der Waals surface area contributed by atoms with E-state index in [0.29, 0.717) is 6.04 Å². The number of hydrogen-bond donors (Lipinski definition) is 1. The van der Waals surface area contributed by atoms with Gasteiger partial charge in [0.25, 0.3) is 0 Å². The molecule has 0 spiro atoms. The lowest BCUT2D eigenvalue weighted by Gasteiger charge is -2.32. The van der Waals surface area contributed by atoms with Gasteiger partial charge in [0, 0.05) is 36.4 Å². The lowest BCUT2D eigenvalue weighted by molar-refractivity contribution is 0.202. The average molecular weight is 311 g/mol. The molecule has 1 aromatic carbocycles. The van der Waals surface area contributed by atoms with E-state index in [9.17, 15) is 0 Å². The Bertz CT molecular complexity index is 460. The van der Waals surface area contributed by atoms with Crippen LogP contribution in [0.3, 0.4) is 0 Å². The van der Waals surface area contributed by atoms with Crippen molar-refractivity contribution in [3.05, 3.63) is 28.8 Å². The molecule has 0 aromatic heterocycles. The van der Waals surface area contributed by atoms with Crippen molar-refractivity contribution >= 4 is 17.3 Å². The molecule has 1 aliphatic carbocycles. The Balaban J connectivity index is 2.16. The maximum Gasteiger partial charge on any atom is 0.0637 e. The summed E-state index contributed by atoms with van der Waals surface area (Å²) in [5.41, 5.74) is 8.18. The first kappa shape index (κ1) is 16.6. The minimum Gasteiger partial charge on any atom is -0.383 e. The average Bonchev–Trinajstić information content (AvgIpc) is 3.26. The molecule has 0 aliphatic heterocycles. The van der Waals surface area contributed by atoms with Crippen LogP contribution >= 0.6 is 11.6 Å². The first-order valence-corrected chi connectivity index (χ1v) is 8.20. The van der Waals surface area contributed by atoms with E-state index in [0.717, 1.165) is 36.1 Å². The third kappa shape index (κ3) is 4.60. The molecule has 1 aromatic rings. The molecule has 3 nitrogen and oxygen atoms in total. The number of anilines is 1. The Hall–Kier alpha value is -0.770. The van der Waals surface area contributed by atoms with E-state index in [4.69, 9.17) is 22.1 Å². The van der Waals surface area contributed by atoms with Gasteiger partial charge in [-0.25, -0.2) is 0 Å². The molecule has 21 heavy (non-hydrogen) atoms. The summed E-state index contributed by atoms with van der Waals surface area (Å²) < 4.78 is 5.26. The van der Waals surface area contributed by atoms with Crippen LogP contribution in [-0.2, 0) is 11.2 Å². The molecule has 0 saturated heterocycles. The number of ether oxygens (including phenoxy) is 1. The summed E-state index contributed by atoms with van der Waals surface area (Å²) in [7, 11) is 1.75. The van der Waals surface area contributed by atoms with E-state index in [1.54, 1.807) is 7.11 Å². The fourth-order valence-corrected chi connectivity index (χ4v) is 3.07. The maximum absolute atomic E-state index is 6.44. The summed E-state index contributed by atoms with van der Waals surface area (Å²) in [5, 5.41) is 0.815. The summed E-state index contributed by atoms with van der Waals surface area (Å²) in [6.07, 6.45) is 3.48. The van der Waals surface area contributed by atoms with Gasteiger partial charge in [-0.1, -0.05) is 17.7 Å². The first-order valence-electron chi connectivity index (χ1n) is 7.82. The normalized spacial score (nSPS) is 17.6.